The fourth-order valence-electron chi connectivity index (χ4n) is 1.68. The minimum absolute atomic E-state index is 0.190. The minimum atomic E-state index is 0.190. The van der Waals surface area contributed by atoms with Gasteiger partial charge in [-0.2, -0.15) is 0 Å². The molecule has 1 atom stereocenters. The number of thiophene rings is 2. The molecule has 2 aromatic rings. The van der Waals surface area contributed by atoms with Crippen LogP contribution in [0.15, 0.2) is 21.3 Å². The first-order valence-electron chi connectivity index (χ1n) is 4.79. The van der Waals surface area contributed by atoms with Crippen molar-refractivity contribution in [3.05, 3.63) is 41.6 Å². The van der Waals surface area contributed by atoms with Crippen LogP contribution in [0.1, 0.15) is 21.4 Å². The van der Waals surface area contributed by atoms with Gasteiger partial charge in [-0.1, -0.05) is 11.6 Å². The summed E-state index contributed by atoms with van der Waals surface area (Å²) in [4.78, 5) is 2.49. The van der Waals surface area contributed by atoms with Crippen LogP contribution in [0.4, 0.5) is 0 Å². The highest BCUT2D eigenvalue weighted by molar-refractivity contribution is 9.11. The van der Waals surface area contributed by atoms with Crippen LogP contribution in [0.3, 0.4) is 0 Å². The van der Waals surface area contributed by atoms with Gasteiger partial charge in [-0.05, 0) is 53.0 Å². The second kappa shape index (κ2) is 5.19. The highest BCUT2D eigenvalue weighted by Gasteiger charge is 2.20. The summed E-state index contributed by atoms with van der Waals surface area (Å²) in [5.74, 6) is 0. The first kappa shape index (κ1) is 12.6. The summed E-state index contributed by atoms with van der Waals surface area (Å²) in [6, 6.07) is 4.30. The summed E-state index contributed by atoms with van der Waals surface area (Å²) in [7, 11) is 1.96. The summed E-state index contributed by atoms with van der Waals surface area (Å²) in [6.45, 7) is 2.14. The van der Waals surface area contributed by atoms with Crippen molar-refractivity contribution in [1.29, 1.82) is 0 Å². The molecule has 1 unspecified atom stereocenters. The molecule has 0 bridgehead atoms. The lowest BCUT2D eigenvalue weighted by atomic mass is 10.1. The molecule has 0 aliphatic rings. The summed E-state index contributed by atoms with van der Waals surface area (Å²) in [5, 5.41) is 6.19. The van der Waals surface area contributed by atoms with Gasteiger partial charge in [0.2, 0.25) is 0 Å². The van der Waals surface area contributed by atoms with Crippen LogP contribution in [0.5, 0.6) is 0 Å². The van der Waals surface area contributed by atoms with Crippen molar-refractivity contribution in [2.24, 2.45) is 0 Å². The van der Waals surface area contributed by atoms with Crippen LogP contribution >= 0.6 is 50.2 Å². The van der Waals surface area contributed by atoms with E-state index in [1.54, 1.807) is 22.7 Å². The SMILES string of the molecule is CNC(c1cc(Br)sc1C)c1sccc1Cl. The molecule has 2 heterocycles. The molecule has 1 nitrogen and oxygen atoms in total. The van der Waals surface area contributed by atoms with Crippen molar-refractivity contribution in [3.63, 3.8) is 0 Å². The molecule has 0 radical (unpaired) electrons. The molecule has 0 aliphatic carbocycles. The number of rotatable bonds is 3. The van der Waals surface area contributed by atoms with Gasteiger partial charge in [-0.3, -0.25) is 0 Å². The van der Waals surface area contributed by atoms with E-state index in [-0.39, 0.29) is 6.04 Å². The third kappa shape index (κ3) is 2.36. The van der Waals surface area contributed by atoms with E-state index in [1.165, 1.54) is 15.3 Å². The maximum atomic E-state index is 6.18. The van der Waals surface area contributed by atoms with Crippen LogP contribution in [-0.4, -0.2) is 7.05 Å². The number of nitrogens with one attached hydrogen (secondary N) is 1. The Morgan fingerprint density at radius 1 is 1.50 bits per heavy atom. The van der Waals surface area contributed by atoms with Gasteiger partial charge < -0.3 is 5.32 Å². The summed E-state index contributed by atoms with van der Waals surface area (Å²) < 4.78 is 1.16. The van der Waals surface area contributed by atoms with Gasteiger partial charge in [-0.25, -0.2) is 0 Å². The molecule has 0 aromatic carbocycles. The average molecular weight is 337 g/mol. The topological polar surface area (TPSA) is 12.0 Å². The molecule has 0 saturated carbocycles. The monoisotopic (exact) mass is 335 g/mol. The normalized spacial score (nSPS) is 13.0. The molecule has 86 valence electrons. The summed E-state index contributed by atoms with van der Waals surface area (Å²) in [5.41, 5.74) is 1.30. The highest BCUT2D eigenvalue weighted by atomic mass is 79.9. The molecular weight excluding hydrogens is 326 g/mol. The van der Waals surface area contributed by atoms with E-state index >= 15 is 0 Å². The number of hydrogen-bond donors (Lipinski definition) is 1. The van der Waals surface area contributed by atoms with Gasteiger partial charge in [0.25, 0.3) is 0 Å². The molecule has 0 aliphatic heterocycles. The first-order chi connectivity index (χ1) is 7.63. The van der Waals surface area contributed by atoms with Crippen molar-refractivity contribution < 1.29 is 0 Å². The molecule has 0 saturated heterocycles. The summed E-state index contributed by atoms with van der Waals surface area (Å²) in [6.07, 6.45) is 0. The van der Waals surface area contributed by atoms with Gasteiger partial charge in [0.05, 0.1) is 14.9 Å². The molecular formula is C11H11BrClNS2. The zero-order valence-electron chi connectivity index (χ0n) is 8.88. The number of halogens is 2. The maximum absolute atomic E-state index is 6.18. The lowest BCUT2D eigenvalue weighted by Gasteiger charge is -2.15. The van der Waals surface area contributed by atoms with Crippen molar-refractivity contribution in [3.8, 4) is 0 Å². The fraction of sp³-hybridized carbons (Fsp3) is 0.273. The highest BCUT2D eigenvalue weighted by Crippen LogP contribution is 2.38. The van der Waals surface area contributed by atoms with Crippen molar-refractivity contribution in [2.45, 2.75) is 13.0 Å². The van der Waals surface area contributed by atoms with Crippen molar-refractivity contribution >= 4 is 50.2 Å². The standard InChI is InChI=1S/C11H11BrClNS2/c1-6-7(5-9(12)16-6)10(14-2)11-8(13)3-4-15-11/h3-5,10,14H,1-2H3. The Morgan fingerprint density at radius 2 is 2.25 bits per heavy atom. The average Bonchev–Trinajstić information content (AvgIpc) is 2.77. The maximum Gasteiger partial charge on any atom is 0.0704 e. The molecule has 2 aromatic heterocycles. The van der Waals surface area contributed by atoms with Crippen LogP contribution < -0.4 is 5.32 Å². The van der Waals surface area contributed by atoms with Gasteiger partial charge in [0.1, 0.15) is 0 Å². The van der Waals surface area contributed by atoms with E-state index in [2.05, 4.69) is 34.2 Å². The second-order valence-corrected chi connectivity index (χ2v) is 7.41. The Bertz CT molecular complexity index is 492. The van der Waals surface area contributed by atoms with Crippen LogP contribution in [0.2, 0.25) is 5.02 Å². The zero-order chi connectivity index (χ0) is 11.7. The predicted molar refractivity (Wildman–Crippen MR) is 77.0 cm³/mol. The molecule has 0 spiro atoms. The Labute approximate surface area is 117 Å². The van der Waals surface area contributed by atoms with Gasteiger partial charge in [-0.15, -0.1) is 22.7 Å². The molecule has 0 amide bonds. The van der Waals surface area contributed by atoms with E-state index in [0.29, 0.717) is 0 Å². The third-order valence-electron chi connectivity index (χ3n) is 2.43. The van der Waals surface area contributed by atoms with E-state index < -0.39 is 0 Å². The third-order valence-corrected chi connectivity index (χ3v) is 5.43. The molecule has 16 heavy (non-hydrogen) atoms. The van der Waals surface area contributed by atoms with Crippen LogP contribution in [-0.2, 0) is 0 Å². The van der Waals surface area contributed by atoms with E-state index in [9.17, 15) is 0 Å². The molecule has 1 N–H and O–H groups in total. The Hall–Kier alpha value is 0.130. The van der Waals surface area contributed by atoms with Crippen molar-refractivity contribution in [2.75, 3.05) is 7.05 Å². The van der Waals surface area contributed by atoms with E-state index in [0.717, 1.165) is 8.81 Å². The molecule has 5 heteroatoms. The largest absolute Gasteiger partial charge is 0.309 e. The van der Waals surface area contributed by atoms with E-state index in [4.69, 9.17) is 11.6 Å². The zero-order valence-corrected chi connectivity index (χ0v) is 12.9. The molecule has 0 fully saturated rings. The first-order valence-corrected chi connectivity index (χ1v) is 7.66. The van der Waals surface area contributed by atoms with Crippen LogP contribution in [0, 0.1) is 6.92 Å². The van der Waals surface area contributed by atoms with Crippen molar-refractivity contribution in [1.82, 2.24) is 5.32 Å². The number of aryl methyl sites for hydroxylation is 1. The second-order valence-electron chi connectivity index (χ2n) is 3.42. The smallest absolute Gasteiger partial charge is 0.0704 e. The van der Waals surface area contributed by atoms with Gasteiger partial charge in [0.15, 0.2) is 0 Å². The van der Waals surface area contributed by atoms with Gasteiger partial charge >= 0.3 is 0 Å². The Kier molecular flexibility index (Phi) is 4.08. The quantitative estimate of drug-likeness (QED) is 0.845. The Balaban J connectivity index is 2.44. The predicted octanol–water partition coefficient (Wildman–Crippen LogP) is 4.84. The summed E-state index contributed by atoms with van der Waals surface area (Å²) >= 11 is 13.2. The fourth-order valence-corrected chi connectivity index (χ4v) is 4.73. The van der Waals surface area contributed by atoms with E-state index in [1.807, 2.05) is 18.5 Å². The lowest BCUT2D eigenvalue weighted by molar-refractivity contribution is 0.703. The molecule has 2 rings (SSSR count). The number of hydrogen-bond acceptors (Lipinski definition) is 3. The van der Waals surface area contributed by atoms with Gasteiger partial charge in [0, 0.05) is 9.75 Å². The minimum Gasteiger partial charge on any atom is -0.309 e. The lowest BCUT2D eigenvalue weighted by Crippen LogP contribution is -2.16. The van der Waals surface area contributed by atoms with Crippen LogP contribution in [0.25, 0.3) is 0 Å². The Morgan fingerprint density at radius 3 is 2.69 bits per heavy atom.